The summed E-state index contributed by atoms with van der Waals surface area (Å²) < 4.78 is 13.1. The van der Waals surface area contributed by atoms with Gasteiger partial charge in [-0.05, 0) is 18.2 Å². The van der Waals surface area contributed by atoms with Crippen molar-refractivity contribution in [2.24, 2.45) is 5.73 Å². The summed E-state index contributed by atoms with van der Waals surface area (Å²) in [5.41, 5.74) is 7.03. The standard InChI is InChI=1S/C12H13FN4/c1-17(11-4-2-3-10(13)5-11)12-15-7-9(6-14)8-16-12/h2-5,7-8H,6,14H2,1H3. The number of nitrogens with zero attached hydrogens (tertiary/aromatic N) is 3. The van der Waals surface area contributed by atoms with E-state index in [1.165, 1.54) is 12.1 Å². The lowest BCUT2D eigenvalue weighted by Gasteiger charge is -2.16. The van der Waals surface area contributed by atoms with Crippen LogP contribution in [-0.2, 0) is 6.54 Å². The lowest BCUT2D eigenvalue weighted by Crippen LogP contribution is -2.13. The Morgan fingerprint density at radius 3 is 2.59 bits per heavy atom. The first-order chi connectivity index (χ1) is 8.20. The summed E-state index contributed by atoms with van der Waals surface area (Å²) in [5, 5.41) is 0. The smallest absolute Gasteiger partial charge is 0.229 e. The quantitative estimate of drug-likeness (QED) is 0.877. The average Bonchev–Trinajstić information content (AvgIpc) is 2.38. The minimum absolute atomic E-state index is 0.284. The van der Waals surface area contributed by atoms with Crippen molar-refractivity contribution in [2.45, 2.75) is 6.54 Å². The van der Waals surface area contributed by atoms with E-state index in [1.807, 2.05) is 0 Å². The van der Waals surface area contributed by atoms with Gasteiger partial charge in [0.1, 0.15) is 5.82 Å². The molecule has 0 saturated heterocycles. The van der Waals surface area contributed by atoms with Crippen molar-refractivity contribution < 1.29 is 4.39 Å². The fraction of sp³-hybridized carbons (Fsp3) is 0.167. The number of nitrogens with two attached hydrogens (primary N) is 1. The van der Waals surface area contributed by atoms with Crippen LogP contribution in [0.15, 0.2) is 36.7 Å². The third-order valence-corrected chi connectivity index (χ3v) is 2.42. The van der Waals surface area contributed by atoms with Crippen LogP contribution >= 0.6 is 0 Å². The van der Waals surface area contributed by atoms with Crippen molar-refractivity contribution in [3.8, 4) is 0 Å². The zero-order chi connectivity index (χ0) is 12.3. The molecule has 17 heavy (non-hydrogen) atoms. The van der Waals surface area contributed by atoms with Crippen LogP contribution in [0.4, 0.5) is 16.0 Å². The van der Waals surface area contributed by atoms with Crippen LogP contribution in [0, 0.1) is 5.82 Å². The number of anilines is 2. The van der Waals surface area contributed by atoms with E-state index >= 15 is 0 Å². The van der Waals surface area contributed by atoms with Crippen molar-refractivity contribution in [1.29, 1.82) is 0 Å². The molecule has 0 saturated carbocycles. The summed E-state index contributed by atoms with van der Waals surface area (Å²) in [7, 11) is 1.78. The predicted octanol–water partition coefficient (Wildman–Crippen LogP) is 1.84. The first-order valence-corrected chi connectivity index (χ1v) is 5.21. The second-order valence-electron chi connectivity index (χ2n) is 3.63. The summed E-state index contributed by atoms with van der Waals surface area (Å²) >= 11 is 0. The average molecular weight is 232 g/mol. The van der Waals surface area contributed by atoms with Gasteiger partial charge in [0.2, 0.25) is 5.95 Å². The number of hydrogen-bond donors (Lipinski definition) is 1. The molecule has 2 N–H and O–H groups in total. The minimum atomic E-state index is -0.284. The van der Waals surface area contributed by atoms with Crippen molar-refractivity contribution in [3.63, 3.8) is 0 Å². The Bertz CT molecular complexity index is 498. The predicted molar refractivity (Wildman–Crippen MR) is 64.4 cm³/mol. The molecule has 2 rings (SSSR count). The molecule has 1 aromatic heterocycles. The van der Waals surface area contributed by atoms with E-state index in [4.69, 9.17) is 5.73 Å². The van der Waals surface area contributed by atoms with Gasteiger partial charge in [-0.25, -0.2) is 14.4 Å². The van der Waals surface area contributed by atoms with Gasteiger partial charge in [0.05, 0.1) is 0 Å². The fourth-order valence-corrected chi connectivity index (χ4v) is 1.43. The van der Waals surface area contributed by atoms with Crippen LogP contribution in [0.1, 0.15) is 5.56 Å². The Morgan fingerprint density at radius 1 is 1.29 bits per heavy atom. The molecule has 0 fully saturated rings. The zero-order valence-electron chi connectivity index (χ0n) is 9.47. The SMILES string of the molecule is CN(c1cccc(F)c1)c1ncc(CN)cn1. The topological polar surface area (TPSA) is 55.0 Å². The molecule has 0 bridgehead atoms. The molecule has 2 aromatic rings. The van der Waals surface area contributed by atoms with E-state index in [-0.39, 0.29) is 5.82 Å². The summed E-state index contributed by atoms with van der Waals surface area (Å²) in [6, 6.07) is 6.27. The molecule has 5 heteroatoms. The Balaban J connectivity index is 2.27. The molecule has 4 nitrogen and oxygen atoms in total. The molecule has 0 aliphatic rings. The second-order valence-corrected chi connectivity index (χ2v) is 3.63. The number of halogens is 1. The minimum Gasteiger partial charge on any atom is -0.326 e. The molecular formula is C12H13FN4. The van der Waals surface area contributed by atoms with Crippen molar-refractivity contribution in [2.75, 3.05) is 11.9 Å². The van der Waals surface area contributed by atoms with Crippen LogP contribution in [0.5, 0.6) is 0 Å². The lowest BCUT2D eigenvalue weighted by molar-refractivity contribution is 0.628. The summed E-state index contributed by atoms with van der Waals surface area (Å²) in [6.45, 7) is 0.407. The van der Waals surface area contributed by atoms with E-state index in [9.17, 15) is 4.39 Å². The molecular weight excluding hydrogens is 219 g/mol. The molecule has 1 aromatic carbocycles. The van der Waals surface area contributed by atoms with Crippen LogP contribution in [0.3, 0.4) is 0 Å². The maximum Gasteiger partial charge on any atom is 0.229 e. The van der Waals surface area contributed by atoms with E-state index in [1.54, 1.807) is 36.5 Å². The fourth-order valence-electron chi connectivity index (χ4n) is 1.43. The Morgan fingerprint density at radius 2 is 2.00 bits per heavy atom. The first kappa shape index (κ1) is 11.5. The molecule has 1 heterocycles. The molecule has 0 aliphatic carbocycles. The van der Waals surface area contributed by atoms with E-state index < -0.39 is 0 Å². The maximum atomic E-state index is 13.1. The largest absolute Gasteiger partial charge is 0.326 e. The van der Waals surface area contributed by atoms with Gasteiger partial charge >= 0.3 is 0 Å². The van der Waals surface area contributed by atoms with Crippen LogP contribution in [0.2, 0.25) is 0 Å². The Labute approximate surface area is 98.9 Å². The van der Waals surface area contributed by atoms with Gasteiger partial charge in [0, 0.05) is 37.2 Å². The van der Waals surface area contributed by atoms with Crippen LogP contribution in [-0.4, -0.2) is 17.0 Å². The highest BCUT2D eigenvalue weighted by atomic mass is 19.1. The highest BCUT2D eigenvalue weighted by Crippen LogP contribution is 2.20. The molecule has 88 valence electrons. The van der Waals surface area contributed by atoms with Crippen LogP contribution < -0.4 is 10.6 Å². The highest BCUT2D eigenvalue weighted by Gasteiger charge is 2.07. The Hall–Kier alpha value is -2.01. The molecule has 0 unspecified atom stereocenters. The van der Waals surface area contributed by atoms with Gasteiger partial charge in [-0.2, -0.15) is 0 Å². The van der Waals surface area contributed by atoms with Crippen molar-refractivity contribution in [3.05, 3.63) is 48.0 Å². The summed E-state index contributed by atoms with van der Waals surface area (Å²) in [5.74, 6) is 0.223. The highest BCUT2D eigenvalue weighted by molar-refractivity contribution is 5.55. The zero-order valence-corrected chi connectivity index (χ0v) is 9.47. The number of benzene rings is 1. The number of aromatic nitrogens is 2. The third kappa shape index (κ3) is 2.57. The van der Waals surface area contributed by atoms with Gasteiger partial charge in [-0.1, -0.05) is 6.07 Å². The third-order valence-electron chi connectivity index (χ3n) is 2.42. The normalized spacial score (nSPS) is 10.3. The number of hydrogen-bond acceptors (Lipinski definition) is 4. The van der Waals surface area contributed by atoms with Gasteiger partial charge in [0.15, 0.2) is 0 Å². The molecule has 0 amide bonds. The van der Waals surface area contributed by atoms with Crippen molar-refractivity contribution >= 4 is 11.6 Å². The second kappa shape index (κ2) is 4.88. The van der Waals surface area contributed by atoms with Gasteiger partial charge in [-0.3, -0.25) is 0 Å². The maximum absolute atomic E-state index is 13.1. The molecule has 0 aliphatic heterocycles. The Kier molecular flexibility index (Phi) is 3.30. The molecule has 0 spiro atoms. The first-order valence-electron chi connectivity index (χ1n) is 5.21. The van der Waals surface area contributed by atoms with Gasteiger partial charge < -0.3 is 10.6 Å². The van der Waals surface area contributed by atoms with E-state index in [0.29, 0.717) is 18.2 Å². The molecule has 0 atom stereocenters. The van der Waals surface area contributed by atoms with Crippen LogP contribution in [0.25, 0.3) is 0 Å². The summed E-state index contributed by atoms with van der Waals surface area (Å²) in [4.78, 5) is 10.0. The molecule has 0 radical (unpaired) electrons. The number of rotatable bonds is 3. The van der Waals surface area contributed by atoms with E-state index in [2.05, 4.69) is 9.97 Å². The monoisotopic (exact) mass is 232 g/mol. The van der Waals surface area contributed by atoms with Gasteiger partial charge in [-0.15, -0.1) is 0 Å². The summed E-state index contributed by atoms with van der Waals surface area (Å²) in [6.07, 6.45) is 3.33. The van der Waals surface area contributed by atoms with E-state index in [0.717, 1.165) is 5.56 Å². The van der Waals surface area contributed by atoms with Crippen molar-refractivity contribution in [1.82, 2.24) is 9.97 Å². The lowest BCUT2D eigenvalue weighted by atomic mass is 10.3. The van der Waals surface area contributed by atoms with Gasteiger partial charge in [0.25, 0.3) is 0 Å².